The van der Waals surface area contributed by atoms with Gasteiger partial charge in [-0.1, -0.05) is 0 Å². The number of rotatable bonds is 2. The minimum absolute atomic E-state index is 0.0595. The van der Waals surface area contributed by atoms with Crippen LogP contribution in [-0.4, -0.2) is 46.9 Å². The molecule has 2 N–H and O–H groups in total. The van der Waals surface area contributed by atoms with Gasteiger partial charge in [-0.05, 0) is 39.5 Å². The van der Waals surface area contributed by atoms with E-state index in [-0.39, 0.29) is 30.8 Å². The van der Waals surface area contributed by atoms with Crippen LogP contribution >= 0.6 is 0 Å². The largest absolute Gasteiger partial charge is 0.391 e. The van der Waals surface area contributed by atoms with Crippen LogP contribution in [-0.2, 0) is 0 Å². The molecule has 0 aromatic heterocycles. The van der Waals surface area contributed by atoms with Crippen molar-refractivity contribution >= 4 is 6.03 Å². The Balaban J connectivity index is 1.71. The molecule has 1 saturated carbocycles. The number of likely N-dealkylation sites (tertiary alicyclic amines) is 1. The summed E-state index contributed by atoms with van der Waals surface area (Å²) in [4.78, 5) is 13.6. The Morgan fingerprint density at radius 2 is 1.62 bits per heavy atom. The monoisotopic (exact) mass is 308 g/mol. The van der Waals surface area contributed by atoms with Gasteiger partial charge in [-0.3, -0.25) is 0 Å². The van der Waals surface area contributed by atoms with Crippen molar-refractivity contribution in [3.63, 3.8) is 0 Å². The number of halogens is 3. The molecule has 0 atom stereocenters. The number of carbonyl (C=O) groups is 1. The zero-order valence-electron chi connectivity index (χ0n) is 12.4. The lowest BCUT2D eigenvalue weighted by Gasteiger charge is -2.45. The summed E-state index contributed by atoms with van der Waals surface area (Å²) in [7, 11) is 0. The minimum Gasteiger partial charge on any atom is -0.390 e. The molecule has 2 rings (SSSR count). The van der Waals surface area contributed by atoms with Crippen LogP contribution < -0.4 is 5.32 Å². The molecule has 0 radical (unpaired) electrons. The number of carbonyl (C=O) groups excluding carboxylic acids is 1. The van der Waals surface area contributed by atoms with Crippen LogP contribution in [0.4, 0.5) is 18.0 Å². The molecule has 7 heteroatoms. The van der Waals surface area contributed by atoms with Gasteiger partial charge in [0.05, 0.1) is 11.5 Å². The van der Waals surface area contributed by atoms with E-state index in [0.717, 1.165) is 0 Å². The van der Waals surface area contributed by atoms with Gasteiger partial charge in [0.15, 0.2) is 0 Å². The third-order valence-electron chi connectivity index (χ3n) is 4.69. The molecule has 1 aliphatic heterocycles. The molecular weight excluding hydrogens is 285 g/mol. The topological polar surface area (TPSA) is 52.6 Å². The number of hydrogen-bond donors (Lipinski definition) is 2. The molecular formula is C14H23F3N2O2. The van der Waals surface area contributed by atoms with Crippen molar-refractivity contribution in [2.75, 3.05) is 13.1 Å². The first-order valence-corrected chi connectivity index (χ1v) is 7.42. The number of urea groups is 1. The zero-order chi connectivity index (χ0) is 15.8. The first kappa shape index (κ1) is 16.4. The fraction of sp³-hybridized carbons (Fsp3) is 0.929. The van der Waals surface area contributed by atoms with Gasteiger partial charge in [-0.25, -0.2) is 4.79 Å². The Bertz CT molecular complexity index is 379. The second-order valence-corrected chi connectivity index (χ2v) is 6.80. The average Bonchev–Trinajstić information content (AvgIpc) is 2.24. The van der Waals surface area contributed by atoms with E-state index >= 15 is 0 Å². The summed E-state index contributed by atoms with van der Waals surface area (Å²) < 4.78 is 37.7. The van der Waals surface area contributed by atoms with Gasteiger partial charge >= 0.3 is 12.2 Å². The van der Waals surface area contributed by atoms with Gasteiger partial charge in [0.1, 0.15) is 0 Å². The van der Waals surface area contributed by atoms with Gasteiger partial charge in [-0.15, -0.1) is 0 Å². The van der Waals surface area contributed by atoms with E-state index in [1.54, 1.807) is 18.7 Å². The highest BCUT2D eigenvalue weighted by Crippen LogP contribution is 2.37. The molecule has 21 heavy (non-hydrogen) atoms. The molecule has 1 saturated heterocycles. The second kappa shape index (κ2) is 5.66. The molecule has 122 valence electrons. The van der Waals surface area contributed by atoms with Crippen molar-refractivity contribution in [3.05, 3.63) is 0 Å². The van der Waals surface area contributed by atoms with E-state index in [1.807, 2.05) is 0 Å². The van der Waals surface area contributed by atoms with Crippen LogP contribution in [0.1, 0.15) is 39.5 Å². The summed E-state index contributed by atoms with van der Waals surface area (Å²) in [5.41, 5.74) is -0.804. The maximum Gasteiger partial charge on any atom is 0.391 e. The number of aliphatic hydroxyl groups is 1. The summed E-state index contributed by atoms with van der Waals surface area (Å²) in [5.74, 6) is -1.17. The van der Waals surface area contributed by atoms with Gasteiger partial charge < -0.3 is 15.3 Å². The lowest BCUT2D eigenvalue weighted by atomic mass is 9.84. The predicted molar refractivity (Wildman–Crippen MR) is 71.7 cm³/mol. The molecule has 1 heterocycles. The predicted octanol–water partition coefficient (Wildman–Crippen LogP) is 2.52. The van der Waals surface area contributed by atoms with Crippen molar-refractivity contribution in [1.29, 1.82) is 0 Å². The summed E-state index contributed by atoms with van der Waals surface area (Å²) in [6, 6.07) is -0.400. The molecule has 2 fully saturated rings. The molecule has 4 nitrogen and oxygen atoms in total. The van der Waals surface area contributed by atoms with E-state index in [0.29, 0.717) is 25.9 Å². The molecule has 0 unspecified atom stereocenters. The van der Waals surface area contributed by atoms with Crippen LogP contribution in [0.2, 0.25) is 0 Å². The number of nitrogens with zero attached hydrogens (tertiary/aromatic N) is 1. The molecule has 0 bridgehead atoms. The Kier molecular flexibility index (Phi) is 4.42. The molecule has 1 aliphatic carbocycles. The number of amides is 2. The highest BCUT2D eigenvalue weighted by molar-refractivity contribution is 5.75. The normalized spacial score (nSPS) is 28.2. The Morgan fingerprint density at radius 3 is 2.05 bits per heavy atom. The van der Waals surface area contributed by atoms with Crippen molar-refractivity contribution < 1.29 is 23.1 Å². The standard InChI is InChI=1S/C14H23F3N2O2/c1-13(2,21)10-7-19(8-10)12(20)18-11-5-3-9(4-6-11)14(15,16)17/h9-11,21H,3-8H2,1-2H3,(H,18,20). The van der Waals surface area contributed by atoms with E-state index in [1.165, 1.54) is 0 Å². The molecule has 0 aromatic rings. The van der Waals surface area contributed by atoms with Crippen molar-refractivity contribution in [2.24, 2.45) is 11.8 Å². The van der Waals surface area contributed by atoms with Crippen LogP contribution in [0.3, 0.4) is 0 Å². The van der Waals surface area contributed by atoms with E-state index in [9.17, 15) is 23.1 Å². The Labute approximate surface area is 122 Å². The average molecular weight is 308 g/mol. The Morgan fingerprint density at radius 1 is 1.10 bits per heavy atom. The molecule has 0 aromatic carbocycles. The minimum atomic E-state index is -4.12. The SMILES string of the molecule is CC(C)(O)C1CN(C(=O)NC2CCC(C(F)(F)F)CC2)C1. The van der Waals surface area contributed by atoms with Crippen LogP contribution in [0.5, 0.6) is 0 Å². The highest BCUT2D eigenvalue weighted by Gasteiger charge is 2.43. The zero-order valence-corrected chi connectivity index (χ0v) is 12.4. The van der Waals surface area contributed by atoms with Crippen LogP contribution in [0.15, 0.2) is 0 Å². The maximum atomic E-state index is 12.6. The summed E-state index contributed by atoms with van der Waals surface area (Å²) in [5, 5.41) is 12.6. The van der Waals surface area contributed by atoms with E-state index < -0.39 is 17.7 Å². The van der Waals surface area contributed by atoms with E-state index in [4.69, 9.17) is 0 Å². The van der Waals surface area contributed by atoms with Gasteiger partial charge in [0.25, 0.3) is 0 Å². The number of hydrogen-bond acceptors (Lipinski definition) is 2. The number of alkyl halides is 3. The van der Waals surface area contributed by atoms with Gasteiger partial charge in [0.2, 0.25) is 0 Å². The fourth-order valence-corrected chi connectivity index (χ4v) is 2.92. The summed E-state index contributed by atoms with van der Waals surface area (Å²) in [6.45, 7) is 4.41. The van der Waals surface area contributed by atoms with Crippen LogP contribution in [0.25, 0.3) is 0 Å². The highest BCUT2D eigenvalue weighted by atomic mass is 19.4. The van der Waals surface area contributed by atoms with Crippen molar-refractivity contribution in [2.45, 2.75) is 57.3 Å². The first-order valence-electron chi connectivity index (χ1n) is 7.42. The first-order chi connectivity index (χ1) is 9.57. The maximum absolute atomic E-state index is 12.6. The lowest BCUT2D eigenvalue weighted by Crippen LogP contribution is -2.61. The third-order valence-corrected chi connectivity index (χ3v) is 4.69. The second-order valence-electron chi connectivity index (χ2n) is 6.80. The third kappa shape index (κ3) is 4.02. The quantitative estimate of drug-likeness (QED) is 0.823. The molecule has 0 spiro atoms. The van der Waals surface area contributed by atoms with E-state index in [2.05, 4.69) is 5.32 Å². The summed E-state index contributed by atoms with van der Waals surface area (Å²) in [6.07, 6.45) is -3.20. The van der Waals surface area contributed by atoms with Crippen LogP contribution in [0, 0.1) is 11.8 Å². The lowest BCUT2D eigenvalue weighted by molar-refractivity contribution is -0.182. The number of nitrogens with one attached hydrogen (secondary N) is 1. The Hall–Kier alpha value is -0.980. The van der Waals surface area contributed by atoms with Crippen molar-refractivity contribution in [3.8, 4) is 0 Å². The molecule has 2 amide bonds. The smallest absolute Gasteiger partial charge is 0.390 e. The van der Waals surface area contributed by atoms with Gasteiger partial charge in [0, 0.05) is 25.0 Å². The molecule has 2 aliphatic rings. The van der Waals surface area contributed by atoms with Crippen molar-refractivity contribution in [1.82, 2.24) is 10.2 Å². The van der Waals surface area contributed by atoms with Gasteiger partial charge in [-0.2, -0.15) is 13.2 Å². The fourth-order valence-electron chi connectivity index (χ4n) is 2.92. The summed E-state index contributed by atoms with van der Waals surface area (Å²) >= 11 is 0.